The summed E-state index contributed by atoms with van der Waals surface area (Å²) in [6, 6.07) is 2.80. The molecule has 9 nitrogen and oxygen atoms in total. The van der Waals surface area contributed by atoms with Crippen molar-refractivity contribution in [3.63, 3.8) is 0 Å². The molecule has 3 rings (SSSR count). The van der Waals surface area contributed by atoms with Gasteiger partial charge in [0.2, 0.25) is 11.7 Å². The molecule has 0 aromatic carbocycles. The van der Waals surface area contributed by atoms with Crippen molar-refractivity contribution in [3.8, 4) is 11.6 Å². The first-order valence-electron chi connectivity index (χ1n) is 7.79. The molecule has 1 fully saturated rings. The van der Waals surface area contributed by atoms with E-state index in [-0.39, 0.29) is 24.3 Å². The van der Waals surface area contributed by atoms with Gasteiger partial charge in [-0.2, -0.15) is 0 Å². The number of aromatic nitrogens is 3. The van der Waals surface area contributed by atoms with Gasteiger partial charge in [-0.05, 0) is 38.8 Å². The fraction of sp³-hybridized carbons (Fsp3) is 0.467. The van der Waals surface area contributed by atoms with Crippen molar-refractivity contribution in [1.29, 1.82) is 0 Å². The molecule has 0 unspecified atom stereocenters. The number of urea groups is 1. The highest BCUT2D eigenvalue weighted by molar-refractivity contribution is 5.94. The van der Waals surface area contributed by atoms with E-state index in [9.17, 15) is 14.4 Å². The molecule has 24 heavy (non-hydrogen) atoms. The summed E-state index contributed by atoms with van der Waals surface area (Å²) in [5.41, 5.74) is -0.386. The monoisotopic (exact) mass is 333 g/mol. The molecule has 128 valence electrons. The van der Waals surface area contributed by atoms with Gasteiger partial charge in [-0.25, -0.2) is 14.3 Å². The van der Waals surface area contributed by atoms with Crippen LogP contribution in [-0.2, 0) is 11.3 Å². The van der Waals surface area contributed by atoms with Gasteiger partial charge in [0.1, 0.15) is 6.54 Å². The third-order valence-electron chi connectivity index (χ3n) is 3.49. The van der Waals surface area contributed by atoms with E-state index in [1.807, 2.05) is 0 Å². The van der Waals surface area contributed by atoms with Crippen molar-refractivity contribution in [1.82, 2.24) is 25.0 Å². The first-order chi connectivity index (χ1) is 11.5. The molecule has 0 spiro atoms. The number of nitrogens with zero attached hydrogens (tertiary/aromatic N) is 3. The van der Waals surface area contributed by atoms with E-state index in [2.05, 4.69) is 15.7 Å². The Bertz CT molecular complexity index is 798. The Labute approximate surface area is 137 Å². The summed E-state index contributed by atoms with van der Waals surface area (Å²) in [6.45, 7) is 3.22. The van der Waals surface area contributed by atoms with Crippen molar-refractivity contribution < 1.29 is 14.0 Å². The zero-order chi connectivity index (χ0) is 17.3. The average Bonchev–Trinajstić information content (AvgIpc) is 3.06. The minimum Gasteiger partial charge on any atom is -0.461 e. The number of hydrogen-bond acceptors (Lipinski definition) is 5. The van der Waals surface area contributed by atoms with Crippen LogP contribution in [0, 0.1) is 0 Å². The van der Waals surface area contributed by atoms with Crippen LogP contribution in [-0.4, -0.2) is 32.3 Å². The van der Waals surface area contributed by atoms with Crippen LogP contribution in [0.5, 0.6) is 0 Å². The molecular formula is C15H19N5O4. The highest BCUT2D eigenvalue weighted by Crippen LogP contribution is 2.36. The maximum Gasteiger partial charge on any atom is 0.347 e. The molecule has 1 aliphatic carbocycles. The third-order valence-corrected chi connectivity index (χ3v) is 3.49. The van der Waals surface area contributed by atoms with Crippen molar-refractivity contribution in [3.05, 3.63) is 28.9 Å². The molecular weight excluding hydrogens is 314 g/mol. The Kier molecular flexibility index (Phi) is 4.24. The smallest absolute Gasteiger partial charge is 0.347 e. The Hall–Kier alpha value is -2.84. The minimum atomic E-state index is -0.610. The normalized spacial score (nSPS) is 14.0. The summed E-state index contributed by atoms with van der Waals surface area (Å²) in [6.07, 6.45) is 3.28. The van der Waals surface area contributed by atoms with Gasteiger partial charge in [0.15, 0.2) is 5.76 Å². The number of hydrogen-bond donors (Lipinski definition) is 2. The van der Waals surface area contributed by atoms with Gasteiger partial charge in [0.25, 0.3) is 0 Å². The summed E-state index contributed by atoms with van der Waals surface area (Å²) >= 11 is 0. The summed E-state index contributed by atoms with van der Waals surface area (Å²) < 4.78 is 7.91. The van der Waals surface area contributed by atoms with Gasteiger partial charge < -0.3 is 9.73 Å². The van der Waals surface area contributed by atoms with Crippen LogP contribution in [0.2, 0.25) is 0 Å². The molecule has 9 heteroatoms. The summed E-state index contributed by atoms with van der Waals surface area (Å²) in [4.78, 5) is 36.0. The van der Waals surface area contributed by atoms with Gasteiger partial charge in [-0.15, -0.1) is 5.10 Å². The summed E-state index contributed by atoms with van der Waals surface area (Å²) in [5.74, 6) is 0.254. The molecule has 0 atom stereocenters. The topological polar surface area (TPSA) is 111 Å². The number of carbonyl (C=O) groups is 2. The lowest BCUT2D eigenvalue weighted by Crippen LogP contribution is -2.44. The van der Waals surface area contributed by atoms with Crippen LogP contribution >= 0.6 is 0 Å². The lowest BCUT2D eigenvalue weighted by atomic mass is 10.4. The summed E-state index contributed by atoms with van der Waals surface area (Å²) in [5, 5.41) is 8.92. The van der Waals surface area contributed by atoms with E-state index in [1.54, 1.807) is 30.5 Å². The molecule has 0 saturated heterocycles. The average molecular weight is 333 g/mol. The highest BCUT2D eigenvalue weighted by atomic mass is 16.3. The predicted molar refractivity (Wildman–Crippen MR) is 84.3 cm³/mol. The van der Waals surface area contributed by atoms with Gasteiger partial charge in [0, 0.05) is 12.1 Å². The molecule has 2 aromatic heterocycles. The number of furan rings is 1. The Morgan fingerprint density at radius 1 is 1.42 bits per heavy atom. The third kappa shape index (κ3) is 3.39. The molecule has 1 aliphatic rings. The molecule has 1 saturated carbocycles. The molecule has 2 aromatic rings. The quantitative estimate of drug-likeness (QED) is 0.843. The fourth-order valence-electron chi connectivity index (χ4n) is 2.36. The predicted octanol–water partition coefficient (Wildman–Crippen LogP) is 0.874. The molecule has 2 N–H and O–H groups in total. The minimum absolute atomic E-state index is 0.0821. The zero-order valence-corrected chi connectivity index (χ0v) is 13.5. The summed E-state index contributed by atoms with van der Waals surface area (Å²) in [7, 11) is 0. The van der Waals surface area contributed by atoms with Gasteiger partial charge >= 0.3 is 11.7 Å². The fourth-order valence-corrected chi connectivity index (χ4v) is 2.36. The van der Waals surface area contributed by atoms with Crippen molar-refractivity contribution in [2.24, 2.45) is 0 Å². The maximum atomic E-state index is 12.5. The maximum absolute atomic E-state index is 12.5. The van der Waals surface area contributed by atoms with E-state index in [4.69, 9.17) is 4.42 Å². The zero-order valence-electron chi connectivity index (χ0n) is 13.5. The SMILES string of the molecule is CC(C)NC(=O)NC(=O)Cn1nc(-c2ccco2)n(C2CC2)c1=O. The lowest BCUT2D eigenvalue weighted by Gasteiger charge is -2.08. The van der Waals surface area contributed by atoms with E-state index >= 15 is 0 Å². The largest absolute Gasteiger partial charge is 0.461 e. The van der Waals surface area contributed by atoms with Crippen LogP contribution in [0.1, 0.15) is 32.7 Å². The molecule has 2 heterocycles. The van der Waals surface area contributed by atoms with E-state index in [0.717, 1.165) is 17.5 Å². The lowest BCUT2D eigenvalue weighted by molar-refractivity contribution is -0.120. The Balaban J connectivity index is 1.79. The molecule has 0 bridgehead atoms. The Morgan fingerprint density at radius 2 is 2.17 bits per heavy atom. The van der Waals surface area contributed by atoms with Crippen molar-refractivity contribution >= 4 is 11.9 Å². The van der Waals surface area contributed by atoms with Crippen LogP contribution in [0.3, 0.4) is 0 Å². The van der Waals surface area contributed by atoms with Crippen LogP contribution in [0.15, 0.2) is 27.6 Å². The van der Waals surface area contributed by atoms with Gasteiger partial charge in [0.05, 0.1) is 6.26 Å². The van der Waals surface area contributed by atoms with Crippen LogP contribution in [0.4, 0.5) is 4.79 Å². The standard InChI is InChI=1S/C15H19N5O4/c1-9(2)16-14(22)17-12(21)8-19-15(23)20(10-5-6-10)13(18-19)11-4-3-7-24-11/h3-4,7,9-10H,5-6,8H2,1-2H3,(H2,16,17,21,22). The van der Waals surface area contributed by atoms with Crippen LogP contribution < -0.4 is 16.3 Å². The van der Waals surface area contributed by atoms with E-state index in [1.165, 1.54) is 6.26 Å². The number of carbonyl (C=O) groups excluding carboxylic acids is 2. The second-order valence-electron chi connectivity index (χ2n) is 6.02. The first-order valence-corrected chi connectivity index (χ1v) is 7.79. The van der Waals surface area contributed by atoms with E-state index in [0.29, 0.717) is 11.6 Å². The van der Waals surface area contributed by atoms with Gasteiger partial charge in [-0.1, -0.05) is 0 Å². The van der Waals surface area contributed by atoms with Crippen molar-refractivity contribution in [2.45, 2.75) is 45.3 Å². The van der Waals surface area contributed by atoms with E-state index < -0.39 is 11.9 Å². The second kappa shape index (κ2) is 6.34. The first kappa shape index (κ1) is 16.0. The Morgan fingerprint density at radius 3 is 2.75 bits per heavy atom. The van der Waals surface area contributed by atoms with Gasteiger partial charge in [-0.3, -0.25) is 14.7 Å². The molecule has 3 amide bonds. The molecule has 0 radical (unpaired) electrons. The second-order valence-corrected chi connectivity index (χ2v) is 6.02. The van der Waals surface area contributed by atoms with Crippen molar-refractivity contribution in [2.75, 3.05) is 0 Å². The molecule has 0 aliphatic heterocycles. The van der Waals surface area contributed by atoms with Crippen LogP contribution in [0.25, 0.3) is 11.6 Å². The number of amides is 3. The highest BCUT2D eigenvalue weighted by Gasteiger charge is 2.31. The number of rotatable bonds is 5. The number of imide groups is 1. The number of nitrogens with one attached hydrogen (secondary N) is 2.